The van der Waals surface area contributed by atoms with E-state index in [1.165, 1.54) is 19.3 Å². The number of halogens is 1. The summed E-state index contributed by atoms with van der Waals surface area (Å²) in [5.74, 6) is 0.854. The number of carbonyl (C=O) groups excluding carboxylic acids is 1. The number of nitrogens with zero attached hydrogens (tertiary/aromatic N) is 1. The molecule has 4 heteroatoms. The van der Waals surface area contributed by atoms with Crippen LogP contribution in [0.4, 0.5) is 0 Å². The van der Waals surface area contributed by atoms with Crippen molar-refractivity contribution in [3.8, 4) is 0 Å². The first-order valence-corrected chi connectivity index (χ1v) is 6.03. The van der Waals surface area contributed by atoms with Crippen LogP contribution in [-0.4, -0.2) is 17.4 Å². The Morgan fingerprint density at radius 1 is 1.56 bits per heavy atom. The van der Waals surface area contributed by atoms with Gasteiger partial charge in [-0.2, -0.15) is 0 Å². The van der Waals surface area contributed by atoms with Crippen LogP contribution in [-0.2, 0) is 0 Å². The Morgan fingerprint density at radius 3 is 3.06 bits per heavy atom. The van der Waals surface area contributed by atoms with Gasteiger partial charge in [0, 0.05) is 18.3 Å². The summed E-state index contributed by atoms with van der Waals surface area (Å²) in [6.07, 6.45) is 6.58. The van der Waals surface area contributed by atoms with Crippen LogP contribution in [0, 0.1) is 5.92 Å². The third-order valence-corrected chi connectivity index (χ3v) is 2.97. The number of aromatic nitrogens is 1. The number of hydrogen-bond donors (Lipinski definition) is 1. The average Bonchev–Trinajstić information content (AvgIpc) is 3.08. The number of rotatable bonds is 5. The van der Waals surface area contributed by atoms with Crippen molar-refractivity contribution in [3.63, 3.8) is 0 Å². The van der Waals surface area contributed by atoms with Crippen molar-refractivity contribution >= 4 is 17.5 Å². The van der Waals surface area contributed by atoms with Crippen molar-refractivity contribution in [3.05, 3.63) is 29.0 Å². The number of hydrogen-bond acceptors (Lipinski definition) is 2. The van der Waals surface area contributed by atoms with Crippen molar-refractivity contribution in [1.82, 2.24) is 10.3 Å². The van der Waals surface area contributed by atoms with E-state index in [0.717, 1.165) is 18.9 Å². The zero-order chi connectivity index (χ0) is 11.4. The van der Waals surface area contributed by atoms with E-state index in [2.05, 4.69) is 10.3 Å². The zero-order valence-electron chi connectivity index (χ0n) is 9.08. The van der Waals surface area contributed by atoms with E-state index in [9.17, 15) is 4.79 Å². The van der Waals surface area contributed by atoms with Crippen LogP contribution in [0.1, 0.15) is 36.0 Å². The molecule has 0 unspecified atom stereocenters. The van der Waals surface area contributed by atoms with Gasteiger partial charge in [-0.15, -0.1) is 0 Å². The topological polar surface area (TPSA) is 42.0 Å². The average molecular weight is 239 g/mol. The maximum atomic E-state index is 11.7. The number of amides is 1. The molecule has 1 aromatic rings. The van der Waals surface area contributed by atoms with Gasteiger partial charge in [-0.05, 0) is 30.9 Å². The van der Waals surface area contributed by atoms with Crippen molar-refractivity contribution < 1.29 is 4.79 Å². The quantitative estimate of drug-likeness (QED) is 0.633. The van der Waals surface area contributed by atoms with Crippen molar-refractivity contribution in [2.45, 2.75) is 25.7 Å². The molecule has 2 rings (SSSR count). The first kappa shape index (κ1) is 11.4. The van der Waals surface area contributed by atoms with Crippen LogP contribution in [0.5, 0.6) is 0 Å². The lowest BCUT2D eigenvalue weighted by atomic mass is 10.2. The Hall–Kier alpha value is -1.09. The lowest BCUT2D eigenvalue weighted by molar-refractivity contribution is 0.0952. The van der Waals surface area contributed by atoms with Crippen LogP contribution in [0.3, 0.4) is 0 Å². The van der Waals surface area contributed by atoms with Crippen LogP contribution < -0.4 is 5.32 Å². The number of nitrogens with one attached hydrogen (secondary N) is 1. The Morgan fingerprint density at radius 2 is 2.38 bits per heavy atom. The molecular formula is C12H15ClN2O. The second kappa shape index (κ2) is 5.30. The van der Waals surface area contributed by atoms with Crippen molar-refractivity contribution in [2.24, 2.45) is 5.92 Å². The van der Waals surface area contributed by atoms with Gasteiger partial charge in [0.1, 0.15) is 5.15 Å². The molecule has 0 aliphatic heterocycles. The predicted molar refractivity (Wildman–Crippen MR) is 63.5 cm³/mol. The molecule has 1 heterocycles. The molecule has 1 aliphatic carbocycles. The highest BCUT2D eigenvalue weighted by atomic mass is 35.5. The van der Waals surface area contributed by atoms with Gasteiger partial charge in [0.05, 0.1) is 0 Å². The predicted octanol–water partition coefficient (Wildman–Crippen LogP) is 2.66. The monoisotopic (exact) mass is 238 g/mol. The highest BCUT2D eigenvalue weighted by molar-refractivity contribution is 6.29. The molecule has 1 aromatic heterocycles. The maximum absolute atomic E-state index is 11.7. The minimum Gasteiger partial charge on any atom is -0.352 e. The minimum atomic E-state index is -0.0694. The van der Waals surface area contributed by atoms with Gasteiger partial charge in [0.15, 0.2) is 0 Å². The molecule has 0 spiro atoms. The van der Waals surface area contributed by atoms with Crippen LogP contribution in [0.25, 0.3) is 0 Å². The SMILES string of the molecule is O=C(NCCCC1CC1)c1ccnc(Cl)c1. The molecule has 0 radical (unpaired) electrons. The van der Waals surface area contributed by atoms with Gasteiger partial charge in [0.2, 0.25) is 0 Å². The van der Waals surface area contributed by atoms with E-state index >= 15 is 0 Å². The Balaban J connectivity index is 1.73. The fourth-order valence-corrected chi connectivity index (χ4v) is 1.82. The summed E-state index contributed by atoms with van der Waals surface area (Å²) in [7, 11) is 0. The molecule has 1 aliphatic rings. The molecule has 86 valence electrons. The van der Waals surface area contributed by atoms with Crippen molar-refractivity contribution in [2.75, 3.05) is 6.54 Å². The smallest absolute Gasteiger partial charge is 0.251 e. The molecule has 0 bridgehead atoms. The largest absolute Gasteiger partial charge is 0.352 e. The van der Waals surface area contributed by atoms with E-state index in [1.54, 1.807) is 18.3 Å². The molecular weight excluding hydrogens is 224 g/mol. The van der Waals surface area contributed by atoms with Gasteiger partial charge < -0.3 is 5.32 Å². The van der Waals surface area contributed by atoms with E-state index < -0.39 is 0 Å². The summed E-state index contributed by atoms with van der Waals surface area (Å²) in [6.45, 7) is 0.745. The molecule has 1 fully saturated rings. The summed E-state index contributed by atoms with van der Waals surface area (Å²) in [4.78, 5) is 15.5. The van der Waals surface area contributed by atoms with Gasteiger partial charge in [0.25, 0.3) is 5.91 Å². The summed E-state index contributed by atoms with van der Waals surface area (Å²) in [6, 6.07) is 3.25. The molecule has 0 saturated heterocycles. The Bertz CT molecular complexity index is 377. The van der Waals surface area contributed by atoms with Gasteiger partial charge in [-0.25, -0.2) is 4.98 Å². The third-order valence-electron chi connectivity index (χ3n) is 2.76. The fourth-order valence-electron chi connectivity index (χ4n) is 1.64. The molecule has 1 N–H and O–H groups in total. The third kappa shape index (κ3) is 3.49. The normalized spacial score (nSPS) is 14.8. The highest BCUT2D eigenvalue weighted by Gasteiger charge is 2.20. The summed E-state index contributed by atoms with van der Waals surface area (Å²) in [5.41, 5.74) is 0.575. The van der Waals surface area contributed by atoms with Crippen LogP contribution >= 0.6 is 11.6 Å². The van der Waals surface area contributed by atoms with Gasteiger partial charge in [-0.3, -0.25) is 4.79 Å². The number of pyridine rings is 1. The van der Waals surface area contributed by atoms with Gasteiger partial charge in [-0.1, -0.05) is 24.4 Å². The lowest BCUT2D eigenvalue weighted by Gasteiger charge is -2.04. The fraction of sp³-hybridized carbons (Fsp3) is 0.500. The standard InChI is InChI=1S/C12H15ClN2O/c13-11-8-10(5-7-14-11)12(16)15-6-1-2-9-3-4-9/h5,7-9H,1-4,6H2,(H,15,16). The summed E-state index contributed by atoms with van der Waals surface area (Å²) in [5, 5.41) is 3.24. The lowest BCUT2D eigenvalue weighted by Crippen LogP contribution is -2.24. The van der Waals surface area contributed by atoms with E-state index in [-0.39, 0.29) is 5.91 Å². The molecule has 1 amide bonds. The van der Waals surface area contributed by atoms with Gasteiger partial charge >= 0.3 is 0 Å². The molecule has 16 heavy (non-hydrogen) atoms. The Kier molecular flexibility index (Phi) is 3.78. The minimum absolute atomic E-state index is 0.0694. The first-order chi connectivity index (χ1) is 7.75. The molecule has 0 atom stereocenters. The van der Waals surface area contributed by atoms with E-state index in [4.69, 9.17) is 11.6 Å². The number of carbonyl (C=O) groups is 1. The molecule has 0 aromatic carbocycles. The maximum Gasteiger partial charge on any atom is 0.251 e. The van der Waals surface area contributed by atoms with E-state index in [1.807, 2.05) is 0 Å². The van der Waals surface area contributed by atoms with Crippen LogP contribution in [0.15, 0.2) is 18.3 Å². The summed E-state index contributed by atoms with van der Waals surface area (Å²) < 4.78 is 0. The first-order valence-electron chi connectivity index (χ1n) is 5.65. The second-order valence-electron chi connectivity index (χ2n) is 4.21. The molecule has 1 saturated carbocycles. The van der Waals surface area contributed by atoms with E-state index in [0.29, 0.717) is 10.7 Å². The van der Waals surface area contributed by atoms with Crippen LogP contribution in [0.2, 0.25) is 5.15 Å². The Labute approximate surface area is 100 Å². The van der Waals surface area contributed by atoms with Crippen molar-refractivity contribution in [1.29, 1.82) is 0 Å². The molecule has 3 nitrogen and oxygen atoms in total. The highest BCUT2D eigenvalue weighted by Crippen LogP contribution is 2.33. The summed E-state index contributed by atoms with van der Waals surface area (Å²) >= 11 is 5.71. The zero-order valence-corrected chi connectivity index (χ0v) is 9.83. The second-order valence-corrected chi connectivity index (χ2v) is 4.60.